The van der Waals surface area contributed by atoms with Crippen molar-refractivity contribution in [2.75, 3.05) is 0 Å². The minimum atomic E-state index is -0.874. The first-order chi connectivity index (χ1) is 8.97. The summed E-state index contributed by atoms with van der Waals surface area (Å²) >= 11 is 0. The molecule has 0 aliphatic rings. The lowest BCUT2D eigenvalue weighted by molar-refractivity contribution is -0.137. The van der Waals surface area contributed by atoms with Crippen LogP contribution in [0.5, 0.6) is 5.75 Å². The second-order valence-corrected chi connectivity index (χ2v) is 4.27. The van der Waals surface area contributed by atoms with Crippen LogP contribution in [0.3, 0.4) is 0 Å². The number of amides is 1. The lowest BCUT2D eigenvalue weighted by Crippen LogP contribution is -2.31. The average molecular weight is 263 g/mol. The van der Waals surface area contributed by atoms with Crippen LogP contribution in [0.2, 0.25) is 0 Å². The lowest BCUT2D eigenvalue weighted by atomic mass is 10.1. The van der Waals surface area contributed by atoms with E-state index in [9.17, 15) is 9.59 Å². The van der Waals surface area contributed by atoms with Gasteiger partial charge in [0.05, 0.1) is 0 Å². The molecule has 0 spiro atoms. The molecule has 102 valence electrons. The van der Waals surface area contributed by atoms with Gasteiger partial charge in [-0.1, -0.05) is 12.1 Å². The Hall–Kier alpha value is -2.30. The Morgan fingerprint density at radius 2 is 1.95 bits per heavy atom. The number of aliphatic carboxylic acids is 1. The molecule has 0 aliphatic carbocycles. The van der Waals surface area contributed by atoms with E-state index >= 15 is 0 Å². The Labute approximate surface area is 111 Å². The fraction of sp³-hybridized carbons (Fsp3) is 0.286. The highest BCUT2D eigenvalue weighted by Gasteiger charge is 2.06. The van der Waals surface area contributed by atoms with Crippen molar-refractivity contribution in [1.29, 1.82) is 0 Å². The average Bonchev–Trinajstić information content (AvgIpc) is 2.36. The Bertz CT molecular complexity index is 465. The summed E-state index contributed by atoms with van der Waals surface area (Å²) in [5, 5.41) is 20.3. The highest BCUT2D eigenvalue weighted by atomic mass is 16.4. The van der Waals surface area contributed by atoms with E-state index < -0.39 is 5.97 Å². The molecule has 0 saturated heterocycles. The van der Waals surface area contributed by atoms with Gasteiger partial charge in [0.25, 0.3) is 0 Å². The van der Waals surface area contributed by atoms with Gasteiger partial charge in [0.2, 0.25) is 5.91 Å². The fourth-order valence-corrected chi connectivity index (χ4v) is 1.46. The first-order valence-electron chi connectivity index (χ1n) is 5.97. The van der Waals surface area contributed by atoms with E-state index in [1.165, 1.54) is 18.2 Å². The van der Waals surface area contributed by atoms with Gasteiger partial charge in [0.1, 0.15) is 5.75 Å². The normalized spacial score (nSPS) is 12.3. The van der Waals surface area contributed by atoms with Crippen molar-refractivity contribution in [2.24, 2.45) is 0 Å². The molecule has 5 nitrogen and oxygen atoms in total. The third kappa shape index (κ3) is 6.26. The van der Waals surface area contributed by atoms with E-state index in [0.29, 0.717) is 6.42 Å². The van der Waals surface area contributed by atoms with Crippen molar-refractivity contribution in [1.82, 2.24) is 5.32 Å². The van der Waals surface area contributed by atoms with Crippen LogP contribution in [0, 0.1) is 0 Å². The molecule has 0 heterocycles. The fourth-order valence-electron chi connectivity index (χ4n) is 1.46. The topological polar surface area (TPSA) is 86.6 Å². The standard InChI is InChI=1S/C14H17NO4/c1-10(2-9-14(18)19)15-13(17)8-5-11-3-6-12(16)7-4-11/h3-8,10,16H,2,9H2,1H3,(H,15,17)(H,18,19). The number of phenolic OH excluding ortho intramolecular Hbond substituents is 1. The second kappa shape index (κ2) is 7.20. The summed E-state index contributed by atoms with van der Waals surface area (Å²) in [7, 11) is 0. The largest absolute Gasteiger partial charge is 0.508 e. The van der Waals surface area contributed by atoms with Crippen molar-refractivity contribution in [3.8, 4) is 5.75 Å². The van der Waals surface area contributed by atoms with Gasteiger partial charge in [-0.3, -0.25) is 9.59 Å². The molecule has 0 aromatic heterocycles. The van der Waals surface area contributed by atoms with E-state index in [-0.39, 0.29) is 24.1 Å². The van der Waals surface area contributed by atoms with Crippen LogP contribution in [-0.2, 0) is 9.59 Å². The third-order valence-electron chi connectivity index (χ3n) is 2.50. The number of nitrogens with one attached hydrogen (secondary N) is 1. The molecule has 0 radical (unpaired) electrons. The maximum atomic E-state index is 11.5. The Kier molecular flexibility index (Phi) is 5.60. The summed E-state index contributed by atoms with van der Waals surface area (Å²) in [6.07, 6.45) is 3.43. The Balaban J connectivity index is 2.42. The van der Waals surface area contributed by atoms with Gasteiger partial charge in [0, 0.05) is 18.5 Å². The molecule has 1 aromatic rings. The molecule has 3 N–H and O–H groups in total. The number of rotatable bonds is 6. The second-order valence-electron chi connectivity index (χ2n) is 4.27. The summed E-state index contributed by atoms with van der Waals surface area (Å²) in [6.45, 7) is 1.76. The zero-order chi connectivity index (χ0) is 14.3. The highest BCUT2D eigenvalue weighted by molar-refractivity contribution is 5.91. The number of benzene rings is 1. The summed E-state index contributed by atoms with van der Waals surface area (Å²) in [5.41, 5.74) is 0.797. The molecule has 1 rings (SSSR count). The van der Waals surface area contributed by atoms with Crippen LogP contribution in [0.25, 0.3) is 6.08 Å². The van der Waals surface area contributed by atoms with Gasteiger partial charge < -0.3 is 15.5 Å². The van der Waals surface area contributed by atoms with Crippen LogP contribution in [0.1, 0.15) is 25.3 Å². The minimum Gasteiger partial charge on any atom is -0.508 e. The number of carbonyl (C=O) groups is 2. The molecule has 0 saturated carbocycles. The summed E-state index contributed by atoms with van der Waals surface area (Å²) in [5.74, 6) is -0.976. The van der Waals surface area contributed by atoms with Gasteiger partial charge >= 0.3 is 5.97 Å². The smallest absolute Gasteiger partial charge is 0.303 e. The van der Waals surface area contributed by atoms with Gasteiger partial charge in [-0.25, -0.2) is 0 Å². The van der Waals surface area contributed by atoms with Gasteiger partial charge in [-0.05, 0) is 37.1 Å². The number of aromatic hydroxyl groups is 1. The minimum absolute atomic E-state index is 0.0309. The van der Waals surface area contributed by atoms with E-state index in [2.05, 4.69) is 5.32 Å². The Morgan fingerprint density at radius 3 is 2.53 bits per heavy atom. The summed E-state index contributed by atoms with van der Waals surface area (Å²) in [4.78, 5) is 21.9. The molecule has 1 unspecified atom stereocenters. The zero-order valence-electron chi connectivity index (χ0n) is 10.7. The van der Waals surface area contributed by atoms with E-state index in [0.717, 1.165) is 5.56 Å². The molecule has 1 amide bonds. The molecule has 1 aromatic carbocycles. The Morgan fingerprint density at radius 1 is 1.32 bits per heavy atom. The molecule has 1 atom stereocenters. The van der Waals surface area contributed by atoms with Crippen LogP contribution in [-0.4, -0.2) is 28.1 Å². The predicted molar refractivity (Wildman–Crippen MR) is 71.6 cm³/mol. The van der Waals surface area contributed by atoms with Crippen LogP contribution in [0.15, 0.2) is 30.3 Å². The maximum Gasteiger partial charge on any atom is 0.303 e. The first-order valence-corrected chi connectivity index (χ1v) is 5.97. The molecular weight excluding hydrogens is 246 g/mol. The lowest BCUT2D eigenvalue weighted by Gasteiger charge is -2.10. The van der Waals surface area contributed by atoms with Gasteiger partial charge in [-0.15, -0.1) is 0 Å². The van der Waals surface area contributed by atoms with E-state index in [1.807, 2.05) is 0 Å². The molecule has 0 fully saturated rings. The van der Waals surface area contributed by atoms with Crippen LogP contribution in [0.4, 0.5) is 0 Å². The SMILES string of the molecule is CC(CCC(=O)O)NC(=O)C=Cc1ccc(O)cc1. The molecule has 0 aliphatic heterocycles. The van der Waals surface area contributed by atoms with E-state index in [1.54, 1.807) is 25.1 Å². The number of hydrogen-bond donors (Lipinski definition) is 3. The molecule has 19 heavy (non-hydrogen) atoms. The summed E-state index contributed by atoms with van der Waals surface area (Å²) in [6, 6.07) is 6.26. The first kappa shape index (κ1) is 14.8. The van der Waals surface area contributed by atoms with Crippen molar-refractivity contribution in [3.05, 3.63) is 35.9 Å². The monoisotopic (exact) mass is 263 g/mol. The van der Waals surface area contributed by atoms with Gasteiger partial charge in [0.15, 0.2) is 0 Å². The molecule has 5 heteroatoms. The number of carboxylic acids is 1. The van der Waals surface area contributed by atoms with E-state index in [4.69, 9.17) is 10.2 Å². The number of hydrogen-bond acceptors (Lipinski definition) is 3. The van der Waals surface area contributed by atoms with Crippen LogP contribution < -0.4 is 5.32 Å². The van der Waals surface area contributed by atoms with Crippen molar-refractivity contribution in [2.45, 2.75) is 25.8 Å². The zero-order valence-corrected chi connectivity index (χ0v) is 10.7. The van der Waals surface area contributed by atoms with Crippen molar-refractivity contribution < 1.29 is 19.8 Å². The summed E-state index contributed by atoms with van der Waals surface area (Å²) < 4.78 is 0. The predicted octanol–water partition coefficient (Wildman–Crippen LogP) is 1.77. The quantitative estimate of drug-likeness (QED) is 0.683. The van der Waals surface area contributed by atoms with Crippen LogP contribution >= 0.6 is 0 Å². The number of phenols is 1. The van der Waals surface area contributed by atoms with Gasteiger partial charge in [-0.2, -0.15) is 0 Å². The highest BCUT2D eigenvalue weighted by Crippen LogP contribution is 2.10. The number of carbonyl (C=O) groups excluding carboxylic acids is 1. The van der Waals surface area contributed by atoms with Crippen molar-refractivity contribution in [3.63, 3.8) is 0 Å². The third-order valence-corrected chi connectivity index (χ3v) is 2.50. The van der Waals surface area contributed by atoms with Crippen molar-refractivity contribution >= 4 is 18.0 Å². The molecule has 0 bridgehead atoms. The molecular formula is C14H17NO4. The maximum absolute atomic E-state index is 11.5. The number of carboxylic acid groups (broad SMARTS) is 1.